The summed E-state index contributed by atoms with van der Waals surface area (Å²) in [6.45, 7) is 1.82. The van der Waals surface area contributed by atoms with Crippen LogP contribution in [0.4, 0.5) is 0 Å². The molecule has 82 valence electrons. The zero-order valence-corrected chi connectivity index (χ0v) is 9.62. The Bertz CT molecular complexity index is 311. The fourth-order valence-electron chi connectivity index (χ4n) is 0.984. The van der Waals surface area contributed by atoms with Crippen LogP contribution in [-0.4, -0.2) is 25.5 Å². The Labute approximate surface area is 89.6 Å². The highest BCUT2D eigenvalue weighted by Crippen LogP contribution is 2.19. The fraction of sp³-hybridized carbons (Fsp3) is 0.857. The molecule has 0 bridgehead atoms. The van der Waals surface area contributed by atoms with Crippen LogP contribution in [0.3, 0.4) is 0 Å². The molecule has 0 aliphatic heterocycles. The molecule has 1 atom stereocenters. The Morgan fingerprint density at radius 2 is 2.21 bits per heavy atom. The van der Waals surface area contributed by atoms with Gasteiger partial charge in [0.2, 0.25) is 0 Å². The normalized spacial score (nSPS) is 19.2. The molecule has 0 aromatic carbocycles. The molecular weight excluding hydrogens is 222 g/mol. The van der Waals surface area contributed by atoms with Crippen LogP contribution in [0.15, 0.2) is 0 Å². The molecule has 0 saturated heterocycles. The highest BCUT2D eigenvalue weighted by molar-refractivity contribution is 7.87. The average molecular weight is 237 g/mol. The zero-order valence-electron chi connectivity index (χ0n) is 7.99. The second-order valence-corrected chi connectivity index (χ2v) is 5.33. The summed E-state index contributed by atoms with van der Waals surface area (Å²) >= 11 is 4.74. The molecule has 1 unspecified atom stereocenters. The maximum absolute atomic E-state index is 11.4. The first-order chi connectivity index (χ1) is 6.44. The van der Waals surface area contributed by atoms with Gasteiger partial charge in [-0.2, -0.15) is 17.9 Å². The third-order valence-electron chi connectivity index (χ3n) is 1.95. The summed E-state index contributed by atoms with van der Waals surface area (Å²) in [6.07, 6.45) is 2.37. The summed E-state index contributed by atoms with van der Waals surface area (Å²) in [5.74, 6) is 0. The van der Waals surface area contributed by atoms with Crippen molar-refractivity contribution in [3.05, 3.63) is 0 Å². The van der Waals surface area contributed by atoms with Crippen molar-refractivity contribution in [2.75, 3.05) is 0 Å². The van der Waals surface area contributed by atoms with Crippen molar-refractivity contribution < 1.29 is 8.42 Å². The minimum absolute atomic E-state index is 0.0938. The molecule has 14 heavy (non-hydrogen) atoms. The van der Waals surface area contributed by atoms with Gasteiger partial charge < -0.3 is 5.73 Å². The molecule has 0 heterocycles. The summed E-state index contributed by atoms with van der Waals surface area (Å²) in [4.78, 5) is 0.175. The van der Waals surface area contributed by atoms with Crippen molar-refractivity contribution in [2.45, 2.75) is 38.3 Å². The third kappa shape index (κ3) is 3.87. The predicted molar refractivity (Wildman–Crippen MR) is 59.1 cm³/mol. The number of rotatable bonds is 6. The van der Waals surface area contributed by atoms with Crippen LogP contribution < -0.4 is 15.2 Å². The van der Waals surface area contributed by atoms with Crippen molar-refractivity contribution in [1.29, 1.82) is 0 Å². The van der Waals surface area contributed by atoms with Gasteiger partial charge >= 0.3 is 0 Å². The molecule has 1 aliphatic rings. The van der Waals surface area contributed by atoms with E-state index in [1.165, 1.54) is 0 Å². The lowest BCUT2D eigenvalue weighted by Crippen LogP contribution is -2.48. The highest BCUT2D eigenvalue weighted by atomic mass is 32.2. The van der Waals surface area contributed by atoms with Crippen LogP contribution >= 0.6 is 12.2 Å². The maximum Gasteiger partial charge on any atom is 0.277 e. The molecule has 5 nitrogen and oxygen atoms in total. The first-order valence-electron chi connectivity index (χ1n) is 4.53. The SMILES string of the molecule is CCC(NS(=O)(=O)NC1CC1)C(N)=S. The van der Waals surface area contributed by atoms with E-state index < -0.39 is 16.3 Å². The Kier molecular flexibility index (Phi) is 3.82. The van der Waals surface area contributed by atoms with Crippen LogP contribution in [0.25, 0.3) is 0 Å². The van der Waals surface area contributed by atoms with Crippen molar-refractivity contribution >= 4 is 27.4 Å². The lowest BCUT2D eigenvalue weighted by molar-refractivity contribution is 0.557. The Balaban J connectivity index is 2.50. The molecule has 0 aromatic rings. The summed E-state index contributed by atoms with van der Waals surface area (Å²) in [5, 5.41) is 0. The minimum atomic E-state index is -3.44. The van der Waals surface area contributed by atoms with Gasteiger partial charge in [0, 0.05) is 6.04 Å². The molecule has 0 radical (unpaired) electrons. The third-order valence-corrected chi connectivity index (χ3v) is 3.47. The average Bonchev–Trinajstić information content (AvgIpc) is 2.82. The van der Waals surface area contributed by atoms with Crippen molar-refractivity contribution in [2.24, 2.45) is 5.73 Å². The number of thiocarbonyl (C=S) groups is 1. The van der Waals surface area contributed by atoms with Gasteiger partial charge in [0.1, 0.15) is 0 Å². The minimum Gasteiger partial charge on any atom is -0.392 e. The van der Waals surface area contributed by atoms with Gasteiger partial charge in [0.05, 0.1) is 11.0 Å². The number of hydrogen-bond acceptors (Lipinski definition) is 3. The van der Waals surface area contributed by atoms with E-state index in [1.54, 1.807) is 0 Å². The Hall–Kier alpha value is -0.240. The molecular formula is C7H15N3O2S2. The van der Waals surface area contributed by atoms with E-state index in [4.69, 9.17) is 18.0 Å². The largest absolute Gasteiger partial charge is 0.392 e. The standard InChI is InChI=1S/C7H15N3O2S2/c1-2-6(7(8)13)10-14(11,12)9-5-3-4-5/h5-6,9-10H,2-4H2,1H3,(H2,8,13). The second kappa shape index (κ2) is 4.52. The van der Waals surface area contributed by atoms with Gasteiger partial charge in [-0.25, -0.2) is 0 Å². The van der Waals surface area contributed by atoms with Crippen LogP contribution in [-0.2, 0) is 10.2 Å². The molecule has 7 heteroatoms. The van der Waals surface area contributed by atoms with E-state index in [2.05, 4.69) is 9.44 Å². The van der Waals surface area contributed by atoms with E-state index in [9.17, 15) is 8.42 Å². The molecule has 0 amide bonds. The number of nitrogens with one attached hydrogen (secondary N) is 2. The predicted octanol–water partition coefficient (Wildman–Crippen LogP) is -0.362. The topological polar surface area (TPSA) is 84.2 Å². The smallest absolute Gasteiger partial charge is 0.277 e. The summed E-state index contributed by atoms with van der Waals surface area (Å²) < 4.78 is 27.7. The summed E-state index contributed by atoms with van der Waals surface area (Å²) in [7, 11) is -3.44. The molecule has 1 aliphatic carbocycles. The van der Waals surface area contributed by atoms with Gasteiger partial charge in [0.25, 0.3) is 10.2 Å². The first-order valence-corrected chi connectivity index (χ1v) is 6.42. The molecule has 1 fully saturated rings. The summed E-state index contributed by atoms with van der Waals surface area (Å²) in [5.41, 5.74) is 5.38. The van der Waals surface area contributed by atoms with Gasteiger partial charge in [0.15, 0.2) is 0 Å². The van der Waals surface area contributed by atoms with E-state index in [0.29, 0.717) is 6.42 Å². The van der Waals surface area contributed by atoms with Crippen LogP contribution in [0, 0.1) is 0 Å². The zero-order chi connectivity index (χ0) is 10.8. The quantitative estimate of drug-likeness (QED) is 0.551. The molecule has 0 spiro atoms. The Morgan fingerprint density at radius 3 is 2.57 bits per heavy atom. The second-order valence-electron chi connectivity index (χ2n) is 3.38. The lowest BCUT2D eigenvalue weighted by atomic mass is 10.2. The molecule has 1 saturated carbocycles. The van der Waals surface area contributed by atoms with Gasteiger partial charge in [-0.15, -0.1) is 0 Å². The van der Waals surface area contributed by atoms with E-state index in [-0.39, 0.29) is 11.0 Å². The van der Waals surface area contributed by atoms with Crippen molar-refractivity contribution in [3.8, 4) is 0 Å². The van der Waals surface area contributed by atoms with Gasteiger partial charge in [-0.05, 0) is 19.3 Å². The Morgan fingerprint density at radius 1 is 1.64 bits per heavy atom. The molecule has 0 aromatic heterocycles. The van der Waals surface area contributed by atoms with Crippen molar-refractivity contribution in [3.63, 3.8) is 0 Å². The fourth-order valence-corrected chi connectivity index (χ4v) is 2.70. The van der Waals surface area contributed by atoms with Crippen LogP contribution in [0.1, 0.15) is 26.2 Å². The molecule has 4 N–H and O–H groups in total. The van der Waals surface area contributed by atoms with Crippen LogP contribution in [0.5, 0.6) is 0 Å². The maximum atomic E-state index is 11.4. The number of hydrogen-bond donors (Lipinski definition) is 3. The number of nitrogens with two attached hydrogens (primary N) is 1. The van der Waals surface area contributed by atoms with E-state index >= 15 is 0 Å². The monoisotopic (exact) mass is 237 g/mol. The highest BCUT2D eigenvalue weighted by Gasteiger charge is 2.28. The lowest BCUT2D eigenvalue weighted by Gasteiger charge is -2.15. The summed E-state index contributed by atoms with van der Waals surface area (Å²) in [6, 6.07) is -0.363. The van der Waals surface area contributed by atoms with Crippen LogP contribution in [0.2, 0.25) is 0 Å². The molecule has 1 rings (SSSR count). The van der Waals surface area contributed by atoms with Gasteiger partial charge in [-0.1, -0.05) is 19.1 Å². The first kappa shape index (κ1) is 11.8. The van der Waals surface area contributed by atoms with E-state index in [1.807, 2.05) is 6.92 Å². The van der Waals surface area contributed by atoms with E-state index in [0.717, 1.165) is 12.8 Å². The van der Waals surface area contributed by atoms with Gasteiger partial charge in [-0.3, -0.25) is 0 Å². The van der Waals surface area contributed by atoms with Crippen molar-refractivity contribution in [1.82, 2.24) is 9.44 Å².